The van der Waals surface area contributed by atoms with E-state index in [1.807, 2.05) is 23.0 Å². The minimum absolute atomic E-state index is 0.0129. The van der Waals surface area contributed by atoms with Crippen LogP contribution in [0.3, 0.4) is 0 Å². The van der Waals surface area contributed by atoms with Crippen molar-refractivity contribution in [3.8, 4) is 10.6 Å². The number of fused-ring (bicyclic) bond motifs is 1. The molecule has 0 unspecified atom stereocenters. The summed E-state index contributed by atoms with van der Waals surface area (Å²) in [7, 11) is 0. The first-order valence-electron chi connectivity index (χ1n) is 9.33. The molecule has 3 heterocycles. The largest absolute Gasteiger partial charge is 0.367 e. The first kappa shape index (κ1) is 18.5. The maximum Gasteiger partial charge on any atom is 0.286 e. The molecule has 0 spiro atoms. The number of hydrogen-bond donors (Lipinski definition) is 2. The van der Waals surface area contributed by atoms with Gasteiger partial charge in [-0.2, -0.15) is 5.10 Å². The third kappa shape index (κ3) is 3.49. The van der Waals surface area contributed by atoms with Gasteiger partial charge < -0.3 is 15.8 Å². The summed E-state index contributed by atoms with van der Waals surface area (Å²) in [5, 5.41) is 8.84. The number of carbonyl (C=O) groups is 2. The van der Waals surface area contributed by atoms with Gasteiger partial charge >= 0.3 is 0 Å². The van der Waals surface area contributed by atoms with Crippen LogP contribution in [-0.2, 0) is 4.79 Å². The molecule has 3 aromatic rings. The zero-order valence-electron chi connectivity index (χ0n) is 15.8. The number of aldehydes is 1. The first-order chi connectivity index (χ1) is 13.4. The van der Waals surface area contributed by atoms with Crippen molar-refractivity contribution in [1.82, 2.24) is 19.7 Å². The lowest BCUT2D eigenvalue weighted by molar-refractivity contribution is -0.110. The van der Waals surface area contributed by atoms with Gasteiger partial charge in [-0.15, -0.1) is 11.3 Å². The van der Waals surface area contributed by atoms with Crippen molar-refractivity contribution in [2.45, 2.75) is 45.2 Å². The van der Waals surface area contributed by atoms with Gasteiger partial charge in [0.15, 0.2) is 0 Å². The van der Waals surface area contributed by atoms with Crippen molar-refractivity contribution in [2.24, 2.45) is 11.7 Å². The van der Waals surface area contributed by atoms with Crippen LogP contribution in [0.4, 0.5) is 5.82 Å². The number of anilines is 1. The van der Waals surface area contributed by atoms with Gasteiger partial charge in [0.05, 0.1) is 10.3 Å². The Bertz CT molecular complexity index is 1040. The number of nitrogens with one attached hydrogen (secondary N) is 1. The summed E-state index contributed by atoms with van der Waals surface area (Å²) in [4.78, 5) is 33.1. The Hall–Kier alpha value is -2.81. The predicted molar refractivity (Wildman–Crippen MR) is 108 cm³/mol. The minimum atomic E-state index is -0.666. The monoisotopic (exact) mass is 398 g/mol. The SMILES string of the molecule is CC(C)n1ccc(-c2cc3c(N[C@@H]4CC[C@H](C=O)C4)nc(C(N)=O)nc3s2)n1. The number of thiophene rings is 1. The molecule has 0 saturated heterocycles. The number of nitrogens with zero attached hydrogens (tertiary/aromatic N) is 4. The van der Waals surface area contributed by atoms with Gasteiger partial charge in [-0.1, -0.05) is 0 Å². The van der Waals surface area contributed by atoms with Crippen molar-refractivity contribution in [3.63, 3.8) is 0 Å². The summed E-state index contributed by atoms with van der Waals surface area (Å²) in [6.45, 7) is 4.14. The summed E-state index contributed by atoms with van der Waals surface area (Å²) < 4.78 is 1.90. The highest BCUT2D eigenvalue weighted by atomic mass is 32.1. The molecule has 1 fully saturated rings. The molecule has 1 aliphatic rings. The molecule has 28 heavy (non-hydrogen) atoms. The maximum atomic E-state index is 11.7. The lowest BCUT2D eigenvalue weighted by atomic mass is 10.1. The molecule has 9 heteroatoms. The molecule has 0 aromatic carbocycles. The van der Waals surface area contributed by atoms with Crippen molar-refractivity contribution < 1.29 is 9.59 Å². The van der Waals surface area contributed by atoms with Gasteiger partial charge in [-0.25, -0.2) is 9.97 Å². The molecule has 3 N–H and O–H groups in total. The van der Waals surface area contributed by atoms with Gasteiger partial charge in [-0.05, 0) is 45.2 Å². The van der Waals surface area contributed by atoms with Crippen LogP contribution in [-0.4, -0.2) is 38.0 Å². The third-order valence-corrected chi connectivity index (χ3v) is 6.06. The van der Waals surface area contributed by atoms with Crippen LogP contribution >= 0.6 is 11.3 Å². The topological polar surface area (TPSA) is 116 Å². The Balaban J connectivity index is 1.73. The molecule has 146 valence electrons. The van der Waals surface area contributed by atoms with E-state index in [-0.39, 0.29) is 23.8 Å². The second-order valence-corrected chi connectivity index (χ2v) is 8.45. The van der Waals surface area contributed by atoms with Gasteiger partial charge in [0.2, 0.25) is 5.82 Å². The van der Waals surface area contributed by atoms with Crippen LogP contribution in [0.1, 0.15) is 49.8 Å². The number of primary amides is 1. The Labute approximate surface area is 166 Å². The summed E-state index contributed by atoms with van der Waals surface area (Å²) in [5.41, 5.74) is 6.28. The van der Waals surface area contributed by atoms with Crippen molar-refractivity contribution in [2.75, 3.05) is 5.32 Å². The zero-order chi connectivity index (χ0) is 19.8. The number of nitrogens with two attached hydrogens (primary N) is 1. The predicted octanol–water partition coefficient (Wildman–Crippen LogP) is 3.01. The van der Waals surface area contributed by atoms with E-state index in [9.17, 15) is 9.59 Å². The van der Waals surface area contributed by atoms with Crippen LogP contribution in [0.5, 0.6) is 0 Å². The van der Waals surface area contributed by atoms with Crippen LogP contribution in [0.25, 0.3) is 20.8 Å². The Morgan fingerprint density at radius 2 is 2.21 bits per heavy atom. The van der Waals surface area contributed by atoms with E-state index in [0.29, 0.717) is 10.6 Å². The van der Waals surface area contributed by atoms with Crippen LogP contribution in [0.15, 0.2) is 18.3 Å². The summed E-state index contributed by atoms with van der Waals surface area (Å²) in [6, 6.07) is 4.37. The molecule has 1 aliphatic carbocycles. The normalized spacial score (nSPS) is 19.4. The highest BCUT2D eigenvalue weighted by Crippen LogP contribution is 2.36. The van der Waals surface area contributed by atoms with E-state index in [1.165, 1.54) is 11.3 Å². The molecule has 4 rings (SSSR count). The van der Waals surface area contributed by atoms with Crippen molar-refractivity contribution in [3.05, 3.63) is 24.2 Å². The number of aromatic nitrogens is 4. The van der Waals surface area contributed by atoms with E-state index in [2.05, 4.69) is 34.2 Å². The number of hydrogen-bond acceptors (Lipinski definition) is 7. The lowest BCUT2D eigenvalue weighted by Crippen LogP contribution is -2.20. The molecule has 8 nitrogen and oxygen atoms in total. The number of amides is 1. The molecule has 1 amide bonds. The lowest BCUT2D eigenvalue weighted by Gasteiger charge is -2.14. The van der Waals surface area contributed by atoms with E-state index in [1.54, 1.807) is 0 Å². The van der Waals surface area contributed by atoms with Crippen LogP contribution in [0, 0.1) is 5.92 Å². The molecule has 3 aromatic heterocycles. The smallest absolute Gasteiger partial charge is 0.286 e. The van der Waals surface area contributed by atoms with E-state index < -0.39 is 5.91 Å². The molecule has 0 radical (unpaired) electrons. The zero-order valence-corrected chi connectivity index (χ0v) is 16.6. The highest BCUT2D eigenvalue weighted by molar-refractivity contribution is 7.21. The fraction of sp³-hybridized carbons (Fsp3) is 0.421. The van der Waals surface area contributed by atoms with Crippen molar-refractivity contribution >= 4 is 39.6 Å². The number of rotatable bonds is 6. The fourth-order valence-corrected chi connectivity index (χ4v) is 4.49. The molecule has 0 bridgehead atoms. The summed E-state index contributed by atoms with van der Waals surface area (Å²) in [5.74, 6) is -0.0215. The Morgan fingerprint density at radius 1 is 1.39 bits per heavy atom. The van der Waals surface area contributed by atoms with E-state index in [4.69, 9.17) is 5.73 Å². The van der Waals surface area contributed by atoms with Crippen LogP contribution in [0.2, 0.25) is 0 Å². The average Bonchev–Trinajstić information content (AvgIpc) is 3.39. The summed E-state index contributed by atoms with van der Waals surface area (Å²) in [6.07, 6.45) is 5.47. The third-order valence-electron chi connectivity index (χ3n) is 5.01. The van der Waals surface area contributed by atoms with Gasteiger partial charge in [0.1, 0.15) is 22.6 Å². The standard InChI is InChI=1S/C19H22N6O2S/c1-10(2)25-6-5-14(24-25)15-8-13-17(21-12-4-3-11(7-12)9-26)22-18(16(20)27)23-19(13)28-15/h5-6,8-12H,3-4,7H2,1-2H3,(H2,20,27)(H,21,22,23)/t11-,12+/m0/s1. The molecule has 1 saturated carbocycles. The molecule has 0 aliphatic heterocycles. The van der Waals surface area contributed by atoms with Crippen molar-refractivity contribution in [1.29, 1.82) is 0 Å². The van der Waals surface area contributed by atoms with Crippen LogP contribution < -0.4 is 11.1 Å². The molecular formula is C19H22N6O2S. The fourth-order valence-electron chi connectivity index (χ4n) is 3.49. The minimum Gasteiger partial charge on any atom is -0.367 e. The second-order valence-electron chi connectivity index (χ2n) is 7.41. The first-order valence-corrected chi connectivity index (χ1v) is 10.1. The second kappa shape index (κ2) is 7.31. The van der Waals surface area contributed by atoms with E-state index in [0.717, 1.165) is 41.5 Å². The average molecular weight is 398 g/mol. The summed E-state index contributed by atoms with van der Waals surface area (Å²) >= 11 is 1.45. The quantitative estimate of drug-likeness (QED) is 0.617. The van der Waals surface area contributed by atoms with Gasteiger partial charge in [0.25, 0.3) is 5.91 Å². The van der Waals surface area contributed by atoms with Gasteiger partial charge in [0, 0.05) is 24.2 Å². The van der Waals surface area contributed by atoms with Gasteiger partial charge in [-0.3, -0.25) is 9.48 Å². The van der Waals surface area contributed by atoms with E-state index >= 15 is 0 Å². The molecule has 2 atom stereocenters. The maximum absolute atomic E-state index is 11.7. The Kier molecular flexibility index (Phi) is 4.84. The molecular weight excluding hydrogens is 376 g/mol. The highest BCUT2D eigenvalue weighted by Gasteiger charge is 2.26. The number of carbonyl (C=O) groups excluding carboxylic acids is 2. The Morgan fingerprint density at radius 3 is 2.86 bits per heavy atom.